The first-order chi connectivity index (χ1) is 7.34. The van der Waals surface area contributed by atoms with Gasteiger partial charge in [0.15, 0.2) is 16.7 Å². The van der Waals surface area contributed by atoms with Crippen molar-refractivity contribution in [3.05, 3.63) is 32.3 Å². The predicted molar refractivity (Wildman–Crippen MR) is 61.1 cm³/mol. The van der Waals surface area contributed by atoms with Gasteiger partial charge in [0.05, 0.1) is 15.5 Å². The molecule has 0 amide bonds. The van der Waals surface area contributed by atoms with E-state index in [-0.39, 0.29) is 10.8 Å². The van der Waals surface area contributed by atoms with Gasteiger partial charge in [0.1, 0.15) is 5.69 Å². The van der Waals surface area contributed by atoms with Crippen LogP contribution >= 0.6 is 28.1 Å². The van der Waals surface area contributed by atoms with Crippen molar-refractivity contribution in [3.63, 3.8) is 0 Å². The molecule has 5 nitrogen and oxygen atoms in total. The van der Waals surface area contributed by atoms with E-state index in [1.807, 2.05) is 0 Å². The van der Waals surface area contributed by atoms with Gasteiger partial charge in [-0.3, -0.25) is 10.1 Å². The van der Waals surface area contributed by atoms with Gasteiger partial charge in [-0.2, -0.15) is 0 Å². The molecule has 0 saturated heterocycles. The summed E-state index contributed by atoms with van der Waals surface area (Å²) in [6, 6.07) is 0.445. The van der Waals surface area contributed by atoms with Crippen molar-refractivity contribution in [2.24, 2.45) is 5.73 Å². The fraction of sp³-hybridized carbons (Fsp3) is 0. The van der Waals surface area contributed by atoms with E-state index >= 15 is 0 Å². The molecule has 0 saturated carbocycles. The number of hydrogen-bond donors (Lipinski definition) is 2. The van der Waals surface area contributed by atoms with Gasteiger partial charge in [0.25, 0.3) is 5.69 Å². The van der Waals surface area contributed by atoms with Crippen LogP contribution in [0.25, 0.3) is 0 Å². The van der Waals surface area contributed by atoms with E-state index in [0.717, 1.165) is 0 Å². The molecule has 0 radical (unpaired) electrons. The van der Waals surface area contributed by atoms with Gasteiger partial charge in [-0.25, -0.2) is 8.78 Å². The Morgan fingerprint density at radius 3 is 2.62 bits per heavy atom. The fourth-order valence-corrected chi connectivity index (χ4v) is 1.56. The molecular weight excluding hydrogens is 308 g/mol. The van der Waals surface area contributed by atoms with Crippen molar-refractivity contribution in [1.29, 1.82) is 0 Å². The van der Waals surface area contributed by atoms with Gasteiger partial charge in [0, 0.05) is 0 Å². The van der Waals surface area contributed by atoms with Crippen LogP contribution in [0.2, 0.25) is 0 Å². The summed E-state index contributed by atoms with van der Waals surface area (Å²) in [5, 5.41) is 12.5. The molecule has 0 unspecified atom stereocenters. The second-order valence-corrected chi connectivity index (χ2v) is 3.86. The Morgan fingerprint density at radius 2 is 2.19 bits per heavy atom. The molecule has 0 aromatic heterocycles. The maximum absolute atomic E-state index is 13.1. The van der Waals surface area contributed by atoms with Crippen molar-refractivity contribution < 1.29 is 13.7 Å². The lowest BCUT2D eigenvalue weighted by atomic mass is 10.2. The highest BCUT2D eigenvalue weighted by molar-refractivity contribution is 9.10. The molecule has 9 heteroatoms. The van der Waals surface area contributed by atoms with Crippen LogP contribution in [0.15, 0.2) is 10.5 Å². The lowest BCUT2D eigenvalue weighted by Crippen LogP contribution is -2.20. The summed E-state index contributed by atoms with van der Waals surface area (Å²) in [4.78, 5) is 9.71. The number of nitrogens with zero attached hydrogens (tertiary/aromatic N) is 1. The molecule has 0 aliphatic heterocycles. The van der Waals surface area contributed by atoms with E-state index in [1.54, 1.807) is 0 Å². The maximum Gasteiger partial charge on any atom is 0.297 e. The molecule has 16 heavy (non-hydrogen) atoms. The zero-order valence-corrected chi connectivity index (χ0v) is 9.86. The van der Waals surface area contributed by atoms with E-state index in [4.69, 9.17) is 5.73 Å². The molecule has 1 aromatic rings. The third-order valence-corrected chi connectivity index (χ3v) is 2.43. The molecule has 0 fully saturated rings. The standard InChI is InChI=1S/C7H4BrF2N3O2S/c8-4-5(10)2(9)1-3(13(14)15)6(4)12-7(11)16/h1H,(H3,11,12,16). The van der Waals surface area contributed by atoms with Crippen LogP contribution in [0, 0.1) is 21.7 Å². The molecule has 0 spiro atoms. The number of benzene rings is 1. The van der Waals surface area contributed by atoms with Gasteiger partial charge < -0.3 is 11.1 Å². The number of hydrogen-bond acceptors (Lipinski definition) is 3. The molecule has 0 aliphatic carbocycles. The summed E-state index contributed by atoms with van der Waals surface area (Å²) in [5.41, 5.74) is 4.12. The molecule has 0 aliphatic rings. The number of thiocarbonyl (C=S) groups is 1. The first-order valence-electron chi connectivity index (χ1n) is 3.73. The van der Waals surface area contributed by atoms with Crippen molar-refractivity contribution in [1.82, 2.24) is 0 Å². The van der Waals surface area contributed by atoms with E-state index in [0.29, 0.717) is 6.07 Å². The van der Waals surface area contributed by atoms with E-state index in [2.05, 4.69) is 33.5 Å². The molecular formula is C7H4BrF2N3O2S. The summed E-state index contributed by atoms with van der Waals surface area (Å²) in [7, 11) is 0. The Kier molecular flexibility index (Phi) is 3.70. The Balaban J connectivity index is 3.47. The minimum atomic E-state index is -1.34. The molecule has 1 aromatic carbocycles. The Bertz CT molecular complexity index is 483. The third kappa shape index (κ3) is 2.42. The summed E-state index contributed by atoms with van der Waals surface area (Å²) in [5.74, 6) is -2.60. The molecule has 0 heterocycles. The van der Waals surface area contributed by atoms with E-state index in [9.17, 15) is 18.9 Å². The highest BCUT2D eigenvalue weighted by atomic mass is 79.9. The van der Waals surface area contributed by atoms with Crippen molar-refractivity contribution in [2.45, 2.75) is 0 Å². The predicted octanol–water partition coefficient (Wildman–Crippen LogP) is 2.29. The number of nitro groups is 1. The number of nitrogens with one attached hydrogen (secondary N) is 1. The second kappa shape index (κ2) is 4.66. The van der Waals surface area contributed by atoms with Gasteiger partial charge in [0.2, 0.25) is 0 Å². The van der Waals surface area contributed by atoms with Crippen LogP contribution in [0.5, 0.6) is 0 Å². The number of nitrogens with two attached hydrogens (primary N) is 1. The van der Waals surface area contributed by atoms with E-state index < -0.39 is 26.7 Å². The number of halogens is 3. The van der Waals surface area contributed by atoms with Gasteiger partial charge >= 0.3 is 0 Å². The molecule has 0 bridgehead atoms. The first-order valence-corrected chi connectivity index (χ1v) is 4.93. The van der Waals surface area contributed by atoms with E-state index in [1.165, 1.54) is 0 Å². The second-order valence-electron chi connectivity index (χ2n) is 2.63. The van der Waals surface area contributed by atoms with Gasteiger partial charge in [-0.1, -0.05) is 0 Å². The van der Waals surface area contributed by atoms with Crippen LogP contribution in [-0.4, -0.2) is 10.0 Å². The largest absolute Gasteiger partial charge is 0.376 e. The van der Waals surface area contributed by atoms with Gasteiger partial charge in [-0.15, -0.1) is 0 Å². The van der Waals surface area contributed by atoms with Crippen LogP contribution in [0.1, 0.15) is 0 Å². The number of anilines is 1. The maximum atomic E-state index is 13.1. The minimum Gasteiger partial charge on any atom is -0.376 e. The molecule has 0 atom stereocenters. The highest BCUT2D eigenvalue weighted by Crippen LogP contribution is 2.36. The van der Waals surface area contributed by atoms with Crippen molar-refractivity contribution in [2.75, 3.05) is 5.32 Å². The fourth-order valence-electron chi connectivity index (χ4n) is 0.969. The number of rotatable bonds is 2. The smallest absolute Gasteiger partial charge is 0.297 e. The van der Waals surface area contributed by atoms with Crippen LogP contribution < -0.4 is 11.1 Å². The van der Waals surface area contributed by atoms with Crippen molar-refractivity contribution >= 4 is 44.6 Å². The number of nitro benzene ring substituents is 1. The minimum absolute atomic E-state index is 0.296. The Labute approximate surface area is 102 Å². The zero-order valence-electron chi connectivity index (χ0n) is 7.46. The molecule has 1 rings (SSSR count). The summed E-state index contributed by atoms with van der Waals surface area (Å²) >= 11 is 7.15. The quantitative estimate of drug-likeness (QED) is 0.379. The average Bonchev–Trinajstić information content (AvgIpc) is 2.17. The highest BCUT2D eigenvalue weighted by Gasteiger charge is 2.24. The normalized spacial score (nSPS) is 9.94. The van der Waals surface area contributed by atoms with Gasteiger partial charge in [-0.05, 0) is 28.1 Å². The zero-order chi connectivity index (χ0) is 12.5. The lowest BCUT2D eigenvalue weighted by molar-refractivity contribution is -0.384. The first kappa shape index (κ1) is 12.7. The Hall–Kier alpha value is -1.35. The van der Waals surface area contributed by atoms with Crippen LogP contribution in [0.4, 0.5) is 20.2 Å². The molecule has 86 valence electrons. The monoisotopic (exact) mass is 311 g/mol. The third-order valence-electron chi connectivity index (χ3n) is 1.59. The van der Waals surface area contributed by atoms with Crippen LogP contribution in [-0.2, 0) is 0 Å². The summed E-state index contributed by atoms with van der Waals surface area (Å²) in [6.07, 6.45) is 0. The average molecular weight is 312 g/mol. The topological polar surface area (TPSA) is 81.2 Å². The summed E-state index contributed by atoms with van der Waals surface area (Å²) < 4.78 is 25.6. The molecule has 3 N–H and O–H groups in total. The van der Waals surface area contributed by atoms with Crippen LogP contribution in [0.3, 0.4) is 0 Å². The summed E-state index contributed by atoms with van der Waals surface area (Å²) in [6.45, 7) is 0. The Morgan fingerprint density at radius 1 is 1.62 bits per heavy atom. The SMILES string of the molecule is NC(=S)Nc1c([N+](=O)[O-])cc(F)c(F)c1Br. The lowest BCUT2D eigenvalue weighted by Gasteiger charge is -2.08. The van der Waals surface area contributed by atoms with Crippen molar-refractivity contribution in [3.8, 4) is 0 Å².